The summed E-state index contributed by atoms with van der Waals surface area (Å²) in [6.07, 6.45) is 1.47. The minimum Gasteiger partial charge on any atom is -0.462 e. The Morgan fingerprint density at radius 3 is 2.94 bits per heavy atom. The molecule has 2 aromatic rings. The van der Waals surface area contributed by atoms with E-state index in [2.05, 4.69) is 10.1 Å². The van der Waals surface area contributed by atoms with E-state index >= 15 is 0 Å². The molecule has 0 aliphatic carbocycles. The second-order valence-corrected chi connectivity index (χ2v) is 3.98. The lowest BCUT2D eigenvalue weighted by molar-refractivity contribution is 0.0525. The second kappa shape index (κ2) is 5.18. The predicted octanol–water partition coefficient (Wildman–Crippen LogP) is 2.41. The number of ether oxygens (including phenoxy) is 1. The van der Waals surface area contributed by atoms with Crippen molar-refractivity contribution in [3.8, 4) is 5.82 Å². The minimum absolute atomic E-state index is 0.332. The van der Waals surface area contributed by atoms with Gasteiger partial charge in [-0.3, -0.25) is 0 Å². The highest BCUT2D eigenvalue weighted by atomic mass is 35.5. The number of rotatable bonds is 3. The van der Waals surface area contributed by atoms with Crippen LogP contribution < -0.4 is 0 Å². The molecular weight excluding hydrogens is 254 g/mol. The van der Waals surface area contributed by atoms with E-state index in [0.29, 0.717) is 28.8 Å². The van der Waals surface area contributed by atoms with Gasteiger partial charge >= 0.3 is 5.97 Å². The van der Waals surface area contributed by atoms with Gasteiger partial charge in [-0.15, -0.1) is 0 Å². The summed E-state index contributed by atoms with van der Waals surface area (Å²) in [4.78, 5) is 15.8. The molecule has 0 atom stereocenters. The summed E-state index contributed by atoms with van der Waals surface area (Å²) in [6, 6.07) is 5.22. The Balaban J connectivity index is 2.39. The third-order valence-electron chi connectivity index (χ3n) is 2.42. The molecule has 0 bridgehead atoms. The SMILES string of the molecule is CCOC(=O)c1cnn(-c2cccc(Cl)n2)c1C. The van der Waals surface area contributed by atoms with Gasteiger partial charge in [-0.2, -0.15) is 5.10 Å². The fourth-order valence-corrected chi connectivity index (χ4v) is 1.72. The summed E-state index contributed by atoms with van der Waals surface area (Å²) in [5.41, 5.74) is 1.10. The molecule has 0 saturated carbocycles. The van der Waals surface area contributed by atoms with Crippen molar-refractivity contribution in [3.05, 3.63) is 40.8 Å². The van der Waals surface area contributed by atoms with Gasteiger partial charge in [-0.05, 0) is 26.0 Å². The number of esters is 1. The van der Waals surface area contributed by atoms with Crippen molar-refractivity contribution in [3.63, 3.8) is 0 Å². The number of carbonyl (C=O) groups is 1. The zero-order chi connectivity index (χ0) is 13.1. The lowest BCUT2D eigenvalue weighted by Gasteiger charge is -2.04. The van der Waals surface area contributed by atoms with E-state index < -0.39 is 0 Å². The number of carbonyl (C=O) groups excluding carboxylic acids is 1. The maximum absolute atomic E-state index is 11.7. The summed E-state index contributed by atoms with van der Waals surface area (Å²) in [5.74, 6) is 0.179. The standard InChI is InChI=1S/C12H12ClN3O2/c1-3-18-12(17)9-7-14-16(8(9)2)11-6-4-5-10(13)15-11/h4-7H,3H2,1-2H3. The Kier molecular flexibility index (Phi) is 3.62. The molecule has 94 valence electrons. The monoisotopic (exact) mass is 265 g/mol. The van der Waals surface area contributed by atoms with Gasteiger partial charge in [0.25, 0.3) is 0 Å². The van der Waals surface area contributed by atoms with Crippen LogP contribution in [0.25, 0.3) is 5.82 Å². The van der Waals surface area contributed by atoms with Gasteiger partial charge < -0.3 is 4.74 Å². The summed E-state index contributed by atoms with van der Waals surface area (Å²) in [6.45, 7) is 3.87. The molecule has 0 unspecified atom stereocenters. The Morgan fingerprint density at radius 1 is 1.50 bits per heavy atom. The quantitative estimate of drug-likeness (QED) is 0.632. The molecule has 2 aromatic heterocycles. The first-order valence-corrected chi connectivity index (χ1v) is 5.86. The molecule has 0 fully saturated rings. The molecule has 6 heteroatoms. The lowest BCUT2D eigenvalue weighted by atomic mass is 10.2. The average molecular weight is 266 g/mol. The highest BCUT2D eigenvalue weighted by Gasteiger charge is 2.16. The third-order valence-corrected chi connectivity index (χ3v) is 2.63. The van der Waals surface area contributed by atoms with Crippen molar-refractivity contribution in [1.29, 1.82) is 0 Å². The van der Waals surface area contributed by atoms with Crippen LogP contribution in [0, 0.1) is 6.92 Å². The Bertz CT molecular complexity index is 580. The topological polar surface area (TPSA) is 57.0 Å². The van der Waals surface area contributed by atoms with Gasteiger partial charge in [0.15, 0.2) is 5.82 Å². The van der Waals surface area contributed by atoms with Crippen molar-refractivity contribution in [2.24, 2.45) is 0 Å². The normalized spacial score (nSPS) is 10.4. The summed E-state index contributed by atoms with van der Waals surface area (Å²) in [7, 11) is 0. The van der Waals surface area contributed by atoms with E-state index in [9.17, 15) is 4.79 Å². The molecule has 0 N–H and O–H groups in total. The number of nitrogens with zero attached hydrogens (tertiary/aromatic N) is 3. The predicted molar refractivity (Wildman–Crippen MR) is 67.1 cm³/mol. The molecule has 0 aliphatic rings. The summed E-state index contributed by atoms with van der Waals surface area (Å²) >= 11 is 5.82. The Labute approximate surface area is 109 Å². The van der Waals surface area contributed by atoms with Crippen molar-refractivity contribution >= 4 is 17.6 Å². The largest absolute Gasteiger partial charge is 0.462 e. The lowest BCUT2D eigenvalue weighted by Crippen LogP contribution is -2.07. The van der Waals surface area contributed by atoms with Gasteiger partial charge in [-0.25, -0.2) is 14.5 Å². The smallest absolute Gasteiger partial charge is 0.341 e. The number of halogens is 1. The van der Waals surface area contributed by atoms with Crippen LogP contribution in [-0.2, 0) is 4.74 Å². The molecule has 2 rings (SSSR count). The van der Waals surface area contributed by atoms with Crippen LogP contribution in [0.1, 0.15) is 23.0 Å². The molecule has 2 heterocycles. The van der Waals surface area contributed by atoms with Crippen LogP contribution >= 0.6 is 11.6 Å². The van der Waals surface area contributed by atoms with Gasteiger partial charge in [0, 0.05) is 0 Å². The van der Waals surface area contributed by atoms with Crippen LogP contribution in [0.4, 0.5) is 0 Å². The van der Waals surface area contributed by atoms with Crippen LogP contribution in [-0.4, -0.2) is 27.3 Å². The minimum atomic E-state index is -0.386. The van der Waals surface area contributed by atoms with Gasteiger partial charge in [0.1, 0.15) is 10.7 Å². The molecule has 5 nitrogen and oxygen atoms in total. The first-order chi connectivity index (χ1) is 8.63. The highest BCUT2D eigenvalue weighted by Crippen LogP contribution is 2.15. The van der Waals surface area contributed by atoms with E-state index in [1.807, 2.05) is 0 Å². The first-order valence-electron chi connectivity index (χ1n) is 5.48. The fraction of sp³-hybridized carbons (Fsp3) is 0.250. The van der Waals surface area contributed by atoms with E-state index in [0.717, 1.165) is 0 Å². The van der Waals surface area contributed by atoms with E-state index in [4.69, 9.17) is 16.3 Å². The van der Waals surface area contributed by atoms with Gasteiger partial charge in [-0.1, -0.05) is 17.7 Å². The van der Waals surface area contributed by atoms with E-state index in [1.54, 1.807) is 36.7 Å². The van der Waals surface area contributed by atoms with Crippen LogP contribution in [0.15, 0.2) is 24.4 Å². The molecule has 0 spiro atoms. The Hall–Kier alpha value is -1.88. The maximum atomic E-state index is 11.7. The summed E-state index contributed by atoms with van der Waals surface area (Å²) in [5, 5.41) is 4.50. The number of hydrogen-bond acceptors (Lipinski definition) is 4. The molecule has 0 radical (unpaired) electrons. The number of hydrogen-bond donors (Lipinski definition) is 0. The Morgan fingerprint density at radius 2 is 2.28 bits per heavy atom. The fourth-order valence-electron chi connectivity index (χ4n) is 1.57. The highest BCUT2D eigenvalue weighted by molar-refractivity contribution is 6.29. The van der Waals surface area contributed by atoms with Crippen LogP contribution in [0.2, 0.25) is 5.15 Å². The number of pyridine rings is 1. The molecule has 0 aromatic carbocycles. The van der Waals surface area contributed by atoms with Crippen LogP contribution in [0.5, 0.6) is 0 Å². The zero-order valence-electron chi connectivity index (χ0n) is 10.1. The molecule has 0 amide bonds. The van der Waals surface area contributed by atoms with Crippen LogP contribution in [0.3, 0.4) is 0 Å². The second-order valence-electron chi connectivity index (χ2n) is 3.59. The third kappa shape index (κ3) is 2.36. The van der Waals surface area contributed by atoms with E-state index in [1.165, 1.54) is 6.20 Å². The van der Waals surface area contributed by atoms with Crippen molar-refractivity contribution in [2.75, 3.05) is 6.61 Å². The molecule has 0 saturated heterocycles. The van der Waals surface area contributed by atoms with E-state index in [-0.39, 0.29) is 5.97 Å². The molecule has 0 aliphatic heterocycles. The van der Waals surface area contributed by atoms with Gasteiger partial charge in [0.05, 0.1) is 18.5 Å². The molecule has 18 heavy (non-hydrogen) atoms. The average Bonchev–Trinajstić information content (AvgIpc) is 2.71. The van der Waals surface area contributed by atoms with Crippen molar-refractivity contribution in [2.45, 2.75) is 13.8 Å². The maximum Gasteiger partial charge on any atom is 0.341 e. The van der Waals surface area contributed by atoms with Crippen molar-refractivity contribution < 1.29 is 9.53 Å². The van der Waals surface area contributed by atoms with Crippen molar-refractivity contribution in [1.82, 2.24) is 14.8 Å². The molecular formula is C12H12ClN3O2. The number of aromatic nitrogens is 3. The zero-order valence-corrected chi connectivity index (χ0v) is 10.8. The summed E-state index contributed by atoms with van der Waals surface area (Å²) < 4.78 is 6.50. The van der Waals surface area contributed by atoms with Gasteiger partial charge in [0.2, 0.25) is 0 Å². The first kappa shape index (κ1) is 12.6.